The van der Waals surface area contributed by atoms with Gasteiger partial charge in [-0.15, -0.1) is 0 Å². The molecule has 0 unspecified atom stereocenters. The summed E-state index contributed by atoms with van der Waals surface area (Å²) >= 11 is 11.7. The minimum absolute atomic E-state index is 0.144. The maximum Gasteiger partial charge on any atom is 0.243 e. The fraction of sp³-hybridized carbons (Fsp3) is 0.188. The van der Waals surface area contributed by atoms with Gasteiger partial charge in [0.2, 0.25) is 5.91 Å². The summed E-state index contributed by atoms with van der Waals surface area (Å²) in [5.74, 6) is -0.144. The average molecular weight is 323 g/mol. The summed E-state index contributed by atoms with van der Waals surface area (Å²) in [7, 11) is 0. The minimum atomic E-state index is -0.144. The Kier molecular flexibility index (Phi) is 5.10. The molecule has 0 saturated carbocycles. The summed E-state index contributed by atoms with van der Waals surface area (Å²) < 4.78 is 0. The fourth-order valence-electron chi connectivity index (χ4n) is 1.90. The Balaban J connectivity index is 1.96. The van der Waals surface area contributed by atoms with E-state index in [4.69, 9.17) is 23.2 Å². The molecule has 21 heavy (non-hydrogen) atoms. The molecule has 0 aliphatic rings. The van der Waals surface area contributed by atoms with E-state index in [2.05, 4.69) is 10.6 Å². The number of aryl methyl sites for hydroxylation is 1. The molecule has 5 heteroatoms. The van der Waals surface area contributed by atoms with Gasteiger partial charge in [0.25, 0.3) is 0 Å². The second-order valence-corrected chi connectivity index (χ2v) is 5.59. The van der Waals surface area contributed by atoms with Crippen molar-refractivity contribution in [3.8, 4) is 0 Å². The van der Waals surface area contributed by atoms with Crippen molar-refractivity contribution in [1.82, 2.24) is 0 Å². The first-order valence-corrected chi connectivity index (χ1v) is 7.28. The molecular weight excluding hydrogens is 307 g/mol. The van der Waals surface area contributed by atoms with Crippen molar-refractivity contribution < 1.29 is 4.79 Å². The van der Waals surface area contributed by atoms with Gasteiger partial charge in [-0.1, -0.05) is 35.3 Å². The van der Waals surface area contributed by atoms with Gasteiger partial charge in [0, 0.05) is 11.4 Å². The van der Waals surface area contributed by atoms with Gasteiger partial charge in [-0.2, -0.15) is 0 Å². The highest BCUT2D eigenvalue weighted by Gasteiger charge is 2.06. The minimum Gasteiger partial charge on any atom is -0.376 e. The van der Waals surface area contributed by atoms with E-state index >= 15 is 0 Å². The van der Waals surface area contributed by atoms with Crippen LogP contribution in [0.2, 0.25) is 10.0 Å². The molecule has 2 aromatic carbocycles. The van der Waals surface area contributed by atoms with Crippen LogP contribution >= 0.6 is 23.2 Å². The van der Waals surface area contributed by atoms with Gasteiger partial charge in [0.1, 0.15) is 0 Å². The van der Waals surface area contributed by atoms with Crippen LogP contribution in [0.3, 0.4) is 0 Å². The van der Waals surface area contributed by atoms with E-state index < -0.39 is 0 Å². The van der Waals surface area contributed by atoms with Crippen LogP contribution in [0.25, 0.3) is 0 Å². The van der Waals surface area contributed by atoms with Gasteiger partial charge in [-0.05, 0) is 49.2 Å². The lowest BCUT2D eigenvalue weighted by molar-refractivity contribution is -0.114. The van der Waals surface area contributed by atoms with Gasteiger partial charge >= 0.3 is 0 Å². The summed E-state index contributed by atoms with van der Waals surface area (Å²) in [6.07, 6.45) is 0. The first-order chi connectivity index (χ1) is 9.97. The molecule has 0 aliphatic heterocycles. The monoisotopic (exact) mass is 322 g/mol. The number of nitrogens with one attached hydrogen (secondary N) is 2. The van der Waals surface area contributed by atoms with E-state index in [-0.39, 0.29) is 12.5 Å². The molecule has 0 radical (unpaired) electrons. The van der Waals surface area contributed by atoms with Crippen molar-refractivity contribution in [3.05, 3.63) is 57.6 Å². The maximum absolute atomic E-state index is 11.9. The Hall–Kier alpha value is -1.71. The van der Waals surface area contributed by atoms with E-state index in [1.807, 2.05) is 32.0 Å². The van der Waals surface area contributed by atoms with Crippen molar-refractivity contribution >= 4 is 40.5 Å². The number of hydrogen-bond acceptors (Lipinski definition) is 2. The van der Waals surface area contributed by atoms with Crippen molar-refractivity contribution in [2.24, 2.45) is 0 Å². The molecule has 0 heterocycles. The molecule has 0 atom stereocenters. The lowest BCUT2D eigenvalue weighted by Gasteiger charge is -2.12. The number of carbonyl (C=O) groups excluding carboxylic acids is 1. The second-order valence-electron chi connectivity index (χ2n) is 4.78. The molecule has 2 N–H and O–H groups in total. The van der Waals surface area contributed by atoms with Gasteiger partial charge in [0.15, 0.2) is 0 Å². The summed E-state index contributed by atoms with van der Waals surface area (Å²) in [6.45, 7) is 4.25. The van der Waals surface area contributed by atoms with E-state index in [0.717, 1.165) is 11.3 Å². The summed E-state index contributed by atoms with van der Waals surface area (Å²) in [5, 5.41) is 6.77. The van der Waals surface area contributed by atoms with Crippen molar-refractivity contribution in [3.63, 3.8) is 0 Å². The number of amides is 1. The van der Waals surface area contributed by atoms with E-state index in [1.54, 1.807) is 18.2 Å². The molecule has 0 fully saturated rings. The molecule has 2 aromatic rings. The van der Waals surface area contributed by atoms with Crippen molar-refractivity contribution in [2.75, 3.05) is 17.2 Å². The van der Waals surface area contributed by atoms with Crippen LogP contribution in [0, 0.1) is 13.8 Å². The van der Waals surface area contributed by atoms with E-state index in [9.17, 15) is 4.79 Å². The van der Waals surface area contributed by atoms with Crippen LogP contribution in [0.1, 0.15) is 11.1 Å². The Morgan fingerprint density at radius 3 is 2.57 bits per heavy atom. The molecule has 2 rings (SSSR count). The van der Waals surface area contributed by atoms with Crippen LogP contribution in [-0.4, -0.2) is 12.5 Å². The van der Waals surface area contributed by atoms with Gasteiger partial charge in [-0.3, -0.25) is 4.79 Å². The maximum atomic E-state index is 11.9. The third-order valence-electron chi connectivity index (χ3n) is 3.25. The highest BCUT2D eigenvalue weighted by Crippen LogP contribution is 2.25. The zero-order chi connectivity index (χ0) is 15.4. The first-order valence-electron chi connectivity index (χ1n) is 6.52. The lowest BCUT2D eigenvalue weighted by Crippen LogP contribution is -2.22. The van der Waals surface area contributed by atoms with Gasteiger partial charge in [-0.25, -0.2) is 0 Å². The second kappa shape index (κ2) is 6.83. The van der Waals surface area contributed by atoms with Crippen molar-refractivity contribution in [2.45, 2.75) is 13.8 Å². The standard InChI is InChI=1S/C16H16Cl2N2O/c1-10-4-3-5-15(11(10)2)19-9-16(21)20-12-6-7-13(17)14(18)8-12/h3-8,19H,9H2,1-2H3,(H,20,21). The molecule has 0 bridgehead atoms. The highest BCUT2D eigenvalue weighted by molar-refractivity contribution is 6.42. The highest BCUT2D eigenvalue weighted by atomic mass is 35.5. The van der Waals surface area contributed by atoms with Crippen LogP contribution in [-0.2, 0) is 4.79 Å². The Morgan fingerprint density at radius 1 is 1.10 bits per heavy atom. The Bertz CT molecular complexity index is 671. The first kappa shape index (κ1) is 15.7. The largest absolute Gasteiger partial charge is 0.376 e. The van der Waals surface area contributed by atoms with E-state index in [0.29, 0.717) is 15.7 Å². The van der Waals surface area contributed by atoms with Crippen LogP contribution < -0.4 is 10.6 Å². The van der Waals surface area contributed by atoms with Crippen molar-refractivity contribution in [1.29, 1.82) is 0 Å². The molecule has 0 saturated heterocycles. The SMILES string of the molecule is Cc1cccc(NCC(=O)Nc2ccc(Cl)c(Cl)c2)c1C. The van der Waals surface area contributed by atoms with Crippen LogP contribution in [0.15, 0.2) is 36.4 Å². The zero-order valence-corrected chi connectivity index (χ0v) is 13.3. The van der Waals surface area contributed by atoms with Crippen LogP contribution in [0.4, 0.5) is 11.4 Å². The van der Waals surface area contributed by atoms with Crippen LogP contribution in [0.5, 0.6) is 0 Å². The smallest absolute Gasteiger partial charge is 0.243 e. The number of benzene rings is 2. The lowest BCUT2D eigenvalue weighted by atomic mass is 10.1. The number of carbonyl (C=O) groups is 1. The molecule has 0 aromatic heterocycles. The normalized spacial score (nSPS) is 10.3. The molecule has 0 spiro atoms. The zero-order valence-electron chi connectivity index (χ0n) is 11.8. The third-order valence-corrected chi connectivity index (χ3v) is 3.99. The van der Waals surface area contributed by atoms with Gasteiger partial charge in [0.05, 0.1) is 16.6 Å². The average Bonchev–Trinajstić information content (AvgIpc) is 2.44. The molecule has 0 aliphatic carbocycles. The Morgan fingerprint density at radius 2 is 1.86 bits per heavy atom. The topological polar surface area (TPSA) is 41.1 Å². The number of rotatable bonds is 4. The molecule has 1 amide bonds. The third kappa shape index (κ3) is 4.13. The quantitative estimate of drug-likeness (QED) is 0.859. The number of anilines is 2. The predicted octanol–water partition coefficient (Wildman–Crippen LogP) is 4.66. The Labute approximate surface area is 134 Å². The summed E-state index contributed by atoms with van der Waals surface area (Å²) in [5.41, 5.74) is 3.90. The van der Waals surface area contributed by atoms with E-state index in [1.165, 1.54) is 5.56 Å². The predicted molar refractivity (Wildman–Crippen MR) is 89.5 cm³/mol. The summed E-state index contributed by atoms with van der Waals surface area (Å²) in [4.78, 5) is 11.9. The molecular formula is C16H16Cl2N2O. The number of hydrogen-bond donors (Lipinski definition) is 2. The molecule has 110 valence electrons. The number of halogens is 2. The molecule has 3 nitrogen and oxygen atoms in total. The van der Waals surface area contributed by atoms with Gasteiger partial charge < -0.3 is 10.6 Å². The fourth-order valence-corrected chi connectivity index (χ4v) is 2.20. The summed E-state index contributed by atoms with van der Waals surface area (Å²) in [6, 6.07) is 10.9.